The summed E-state index contributed by atoms with van der Waals surface area (Å²) in [5, 5.41) is 8.83. The first-order chi connectivity index (χ1) is 7.43. The molecule has 0 saturated heterocycles. The number of carboxylic acids is 1. The predicted octanol–water partition coefficient (Wildman–Crippen LogP) is 0.464. The molecular weight excluding hydrogens is 232 g/mol. The van der Waals surface area contributed by atoms with E-state index in [-0.39, 0.29) is 0 Å². The third-order valence-corrected chi connectivity index (χ3v) is 3.16. The Hall–Kier alpha value is -0.660. The highest BCUT2D eigenvalue weighted by atomic mass is 32.2. The predicted molar refractivity (Wildman–Crippen MR) is 61.3 cm³/mol. The number of hydrogen-bond donors (Lipinski definition) is 3. The number of nitrogens with one attached hydrogen (secondary N) is 2. The third-order valence-electron chi connectivity index (χ3n) is 1.98. The van der Waals surface area contributed by atoms with Crippen LogP contribution in [0, 0.1) is 0 Å². The molecule has 16 heavy (non-hydrogen) atoms. The molecule has 0 aromatic heterocycles. The molecule has 0 aliphatic carbocycles. The van der Waals surface area contributed by atoms with E-state index in [2.05, 4.69) is 9.44 Å². The van der Waals surface area contributed by atoms with Gasteiger partial charge in [-0.2, -0.15) is 13.1 Å². The summed E-state index contributed by atoms with van der Waals surface area (Å²) in [6.07, 6.45) is 2.47. The minimum atomic E-state index is -3.70. The molecule has 0 radical (unpaired) electrons. The van der Waals surface area contributed by atoms with Gasteiger partial charge < -0.3 is 5.11 Å². The Bertz CT molecular complexity index is 303. The molecule has 0 aromatic rings. The maximum atomic E-state index is 11.4. The SMILES string of the molecule is CCCC[C@H](NS(=O)(=O)NCCC)C(=O)O. The van der Waals surface area contributed by atoms with E-state index in [9.17, 15) is 13.2 Å². The van der Waals surface area contributed by atoms with E-state index in [0.717, 1.165) is 6.42 Å². The third kappa shape index (κ3) is 6.76. The summed E-state index contributed by atoms with van der Waals surface area (Å²) in [6.45, 7) is 4.05. The highest BCUT2D eigenvalue weighted by Gasteiger charge is 2.22. The summed E-state index contributed by atoms with van der Waals surface area (Å²) < 4.78 is 27.2. The Labute approximate surface area is 96.6 Å². The van der Waals surface area contributed by atoms with Crippen LogP contribution in [-0.2, 0) is 15.0 Å². The molecule has 96 valence electrons. The fourth-order valence-electron chi connectivity index (χ4n) is 1.11. The number of carbonyl (C=O) groups is 1. The molecule has 0 saturated carbocycles. The van der Waals surface area contributed by atoms with Crippen molar-refractivity contribution in [1.82, 2.24) is 9.44 Å². The lowest BCUT2D eigenvalue weighted by molar-refractivity contribution is -0.139. The van der Waals surface area contributed by atoms with E-state index in [1.54, 1.807) is 0 Å². The van der Waals surface area contributed by atoms with Gasteiger partial charge in [0.05, 0.1) is 0 Å². The Morgan fingerprint density at radius 2 is 1.94 bits per heavy atom. The van der Waals surface area contributed by atoms with Gasteiger partial charge in [0.25, 0.3) is 10.2 Å². The molecule has 0 fully saturated rings. The first-order valence-electron chi connectivity index (χ1n) is 5.42. The Kier molecular flexibility index (Phi) is 7.27. The maximum absolute atomic E-state index is 11.4. The van der Waals surface area contributed by atoms with Crippen molar-refractivity contribution in [2.45, 2.75) is 45.6 Å². The van der Waals surface area contributed by atoms with E-state index in [1.807, 2.05) is 13.8 Å². The second kappa shape index (κ2) is 7.59. The van der Waals surface area contributed by atoms with Crippen LogP contribution in [0.3, 0.4) is 0 Å². The van der Waals surface area contributed by atoms with Gasteiger partial charge in [0, 0.05) is 6.54 Å². The number of unbranched alkanes of at least 4 members (excludes halogenated alkanes) is 1. The fraction of sp³-hybridized carbons (Fsp3) is 0.889. The van der Waals surface area contributed by atoms with Crippen LogP contribution in [0.25, 0.3) is 0 Å². The Balaban J connectivity index is 4.32. The van der Waals surface area contributed by atoms with Gasteiger partial charge in [0.15, 0.2) is 0 Å². The second-order valence-corrected chi connectivity index (χ2v) is 5.08. The van der Waals surface area contributed by atoms with Crippen molar-refractivity contribution in [1.29, 1.82) is 0 Å². The van der Waals surface area contributed by atoms with Crippen molar-refractivity contribution in [3.05, 3.63) is 0 Å². The molecule has 0 aliphatic heterocycles. The fourth-order valence-corrected chi connectivity index (χ4v) is 2.26. The molecule has 0 spiro atoms. The number of aliphatic carboxylic acids is 1. The van der Waals surface area contributed by atoms with E-state index in [1.165, 1.54) is 0 Å². The maximum Gasteiger partial charge on any atom is 0.321 e. The molecule has 0 rings (SSSR count). The van der Waals surface area contributed by atoms with Gasteiger partial charge in [-0.1, -0.05) is 26.7 Å². The van der Waals surface area contributed by atoms with Crippen molar-refractivity contribution < 1.29 is 18.3 Å². The highest BCUT2D eigenvalue weighted by molar-refractivity contribution is 7.87. The zero-order valence-electron chi connectivity index (χ0n) is 9.69. The van der Waals surface area contributed by atoms with Crippen molar-refractivity contribution in [3.8, 4) is 0 Å². The molecule has 6 nitrogen and oxygen atoms in total. The zero-order chi connectivity index (χ0) is 12.6. The van der Waals surface area contributed by atoms with E-state index >= 15 is 0 Å². The van der Waals surface area contributed by atoms with Crippen molar-refractivity contribution in [2.75, 3.05) is 6.54 Å². The molecule has 0 unspecified atom stereocenters. The van der Waals surface area contributed by atoms with Crippen LogP contribution >= 0.6 is 0 Å². The number of rotatable bonds is 9. The summed E-state index contributed by atoms with van der Waals surface area (Å²) >= 11 is 0. The van der Waals surface area contributed by atoms with Gasteiger partial charge in [0.2, 0.25) is 0 Å². The van der Waals surface area contributed by atoms with Crippen LogP contribution in [0.4, 0.5) is 0 Å². The van der Waals surface area contributed by atoms with Gasteiger partial charge >= 0.3 is 5.97 Å². The van der Waals surface area contributed by atoms with E-state index < -0.39 is 22.2 Å². The molecule has 0 bridgehead atoms. The van der Waals surface area contributed by atoms with Gasteiger partial charge in [-0.3, -0.25) is 4.79 Å². The summed E-state index contributed by atoms with van der Waals surface area (Å²) in [7, 11) is -3.70. The smallest absolute Gasteiger partial charge is 0.321 e. The van der Waals surface area contributed by atoms with Gasteiger partial charge in [-0.15, -0.1) is 0 Å². The molecule has 0 amide bonds. The minimum Gasteiger partial charge on any atom is -0.480 e. The molecule has 1 atom stereocenters. The monoisotopic (exact) mass is 252 g/mol. The van der Waals surface area contributed by atoms with E-state index in [0.29, 0.717) is 25.8 Å². The average molecular weight is 252 g/mol. The lowest BCUT2D eigenvalue weighted by Gasteiger charge is -2.14. The molecule has 0 aliphatic rings. The summed E-state index contributed by atoms with van der Waals surface area (Å²) in [5.74, 6) is -1.14. The van der Waals surface area contributed by atoms with Crippen LogP contribution in [0.2, 0.25) is 0 Å². The van der Waals surface area contributed by atoms with Gasteiger partial charge in [0.1, 0.15) is 6.04 Å². The Morgan fingerprint density at radius 1 is 1.31 bits per heavy atom. The quantitative estimate of drug-likeness (QED) is 0.555. The summed E-state index contributed by atoms with van der Waals surface area (Å²) in [4.78, 5) is 10.8. The Morgan fingerprint density at radius 3 is 2.38 bits per heavy atom. The lowest BCUT2D eigenvalue weighted by Crippen LogP contribution is -2.46. The summed E-state index contributed by atoms with van der Waals surface area (Å²) in [6, 6.07) is -1.05. The molecular formula is C9H20N2O4S. The van der Waals surface area contributed by atoms with Crippen LogP contribution in [0.5, 0.6) is 0 Å². The molecule has 0 aromatic carbocycles. The number of carboxylic acid groups (broad SMARTS) is 1. The zero-order valence-corrected chi connectivity index (χ0v) is 10.5. The van der Waals surface area contributed by atoms with Gasteiger partial charge in [-0.05, 0) is 12.8 Å². The largest absolute Gasteiger partial charge is 0.480 e. The van der Waals surface area contributed by atoms with Crippen LogP contribution in [0.1, 0.15) is 39.5 Å². The normalized spacial score (nSPS) is 13.6. The highest BCUT2D eigenvalue weighted by Crippen LogP contribution is 2.02. The van der Waals surface area contributed by atoms with Crippen LogP contribution < -0.4 is 9.44 Å². The average Bonchev–Trinajstić information content (AvgIpc) is 2.21. The van der Waals surface area contributed by atoms with Crippen LogP contribution in [0.15, 0.2) is 0 Å². The summed E-state index contributed by atoms with van der Waals surface area (Å²) in [5.41, 5.74) is 0. The van der Waals surface area contributed by atoms with Crippen molar-refractivity contribution in [2.24, 2.45) is 0 Å². The number of hydrogen-bond acceptors (Lipinski definition) is 3. The van der Waals surface area contributed by atoms with Crippen LogP contribution in [-0.4, -0.2) is 32.1 Å². The molecule has 7 heteroatoms. The first-order valence-corrected chi connectivity index (χ1v) is 6.91. The minimum absolute atomic E-state index is 0.301. The van der Waals surface area contributed by atoms with Gasteiger partial charge in [-0.25, -0.2) is 4.72 Å². The van der Waals surface area contributed by atoms with Crippen molar-refractivity contribution in [3.63, 3.8) is 0 Å². The van der Waals surface area contributed by atoms with E-state index in [4.69, 9.17) is 5.11 Å². The lowest BCUT2D eigenvalue weighted by atomic mass is 10.1. The molecule has 0 heterocycles. The molecule has 3 N–H and O–H groups in total. The van der Waals surface area contributed by atoms with Crippen molar-refractivity contribution >= 4 is 16.2 Å². The topological polar surface area (TPSA) is 95.5 Å². The standard InChI is InChI=1S/C9H20N2O4S/c1-3-5-6-8(9(12)13)11-16(14,15)10-7-4-2/h8,10-11H,3-7H2,1-2H3,(H,12,13)/t8-/m0/s1. The second-order valence-electron chi connectivity index (χ2n) is 3.55. The first kappa shape index (κ1) is 15.3.